The van der Waals surface area contributed by atoms with E-state index in [-0.39, 0.29) is 16.3 Å². The second kappa shape index (κ2) is 8.47. The van der Waals surface area contributed by atoms with E-state index in [1.807, 2.05) is 14.1 Å². The van der Waals surface area contributed by atoms with E-state index in [9.17, 15) is 17.6 Å². The lowest BCUT2D eigenvalue weighted by Gasteiger charge is -2.38. The van der Waals surface area contributed by atoms with Crippen LogP contribution in [0.4, 0.5) is 4.39 Å². The lowest BCUT2D eigenvalue weighted by Crippen LogP contribution is -2.56. The number of likely N-dealkylation sites (N-methyl/N-ethyl adjacent to an activating group) is 1. The Morgan fingerprint density at radius 2 is 1.82 bits per heavy atom. The van der Waals surface area contributed by atoms with Gasteiger partial charge in [0, 0.05) is 18.6 Å². The lowest BCUT2D eigenvalue weighted by atomic mass is 9.95. The maximum Gasteiger partial charge on any atom is 0.243 e. The molecule has 28 heavy (non-hydrogen) atoms. The van der Waals surface area contributed by atoms with Crippen LogP contribution in [0.2, 0.25) is 0 Å². The lowest BCUT2D eigenvalue weighted by molar-refractivity contribution is -0.126. The normalized spacial score (nSPS) is 23.1. The largest absolute Gasteiger partial charge is 0.353 e. The molecular formula is C20H30FN3O3S. The Kier molecular flexibility index (Phi) is 6.41. The van der Waals surface area contributed by atoms with Crippen LogP contribution < -0.4 is 5.32 Å². The Morgan fingerprint density at radius 3 is 2.43 bits per heavy atom. The topological polar surface area (TPSA) is 69.7 Å². The van der Waals surface area contributed by atoms with Crippen molar-refractivity contribution in [3.63, 3.8) is 0 Å². The molecule has 1 atom stereocenters. The predicted molar refractivity (Wildman–Crippen MR) is 106 cm³/mol. The average Bonchev–Trinajstić information content (AvgIpc) is 3.17. The molecule has 6 nitrogen and oxygen atoms in total. The van der Waals surface area contributed by atoms with Crippen LogP contribution in [0.1, 0.15) is 44.9 Å². The zero-order chi connectivity index (χ0) is 20.4. The Bertz CT molecular complexity index is 789. The van der Waals surface area contributed by atoms with Gasteiger partial charge in [-0.2, -0.15) is 4.31 Å². The summed E-state index contributed by atoms with van der Waals surface area (Å²) in [7, 11) is 0.216. The van der Waals surface area contributed by atoms with Crippen molar-refractivity contribution in [1.82, 2.24) is 14.5 Å². The Hall–Kier alpha value is -1.51. The highest BCUT2D eigenvalue weighted by molar-refractivity contribution is 7.89. The smallest absolute Gasteiger partial charge is 0.243 e. The summed E-state index contributed by atoms with van der Waals surface area (Å²) < 4.78 is 40.6. The molecule has 0 aromatic heterocycles. The highest BCUT2D eigenvalue weighted by atomic mass is 32.2. The van der Waals surface area contributed by atoms with Gasteiger partial charge in [-0.3, -0.25) is 4.79 Å². The summed E-state index contributed by atoms with van der Waals surface area (Å²) in [4.78, 5) is 15.2. The van der Waals surface area contributed by atoms with Crippen LogP contribution in [-0.4, -0.2) is 62.3 Å². The fourth-order valence-corrected chi connectivity index (χ4v) is 6.04. The van der Waals surface area contributed by atoms with Crippen LogP contribution in [0.5, 0.6) is 0 Å². The van der Waals surface area contributed by atoms with Crippen molar-refractivity contribution in [2.45, 2.75) is 61.4 Å². The van der Waals surface area contributed by atoms with Crippen molar-refractivity contribution >= 4 is 15.9 Å². The summed E-state index contributed by atoms with van der Waals surface area (Å²) in [5.74, 6) is -0.726. The average molecular weight is 412 g/mol. The summed E-state index contributed by atoms with van der Waals surface area (Å²) in [6, 6.07) is 4.06. The monoisotopic (exact) mass is 411 g/mol. The minimum absolute atomic E-state index is 0.0224. The molecule has 0 radical (unpaired) electrons. The first-order valence-corrected chi connectivity index (χ1v) is 11.4. The molecule has 2 fully saturated rings. The second-order valence-corrected chi connectivity index (χ2v) is 10.0. The number of carbonyl (C=O) groups is 1. The molecular weight excluding hydrogens is 381 g/mol. The summed E-state index contributed by atoms with van der Waals surface area (Å²) in [6.45, 7) is 0.830. The SMILES string of the molecule is CN(C)C1(CNC(=O)[C@@H]2CCCCN2S(=O)(=O)c2ccc(F)cc2)CCCC1. The van der Waals surface area contributed by atoms with Crippen molar-refractivity contribution in [3.8, 4) is 0 Å². The van der Waals surface area contributed by atoms with E-state index in [1.54, 1.807) is 0 Å². The Labute approximate surface area is 167 Å². The first-order valence-electron chi connectivity index (χ1n) is 9.99. The van der Waals surface area contributed by atoms with Gasteiger partial charge in [-0.05, 0) is 64.0 Å². The van der Waals surface area contributed by atoms with Crippen molar-refractivity contribution in [2.24, 2.45) is 0 Å². The van der Waals surface area contributed by atoms with Crippen molar-refractivity contribution in [2.75, 3.05) is 27.2 Å². The number of sulfonamides is 1. The van der Waals surface area contributed by atoms with E-state index < -0.39 is 21.9 Å². The van der Waals surface area contributed by atoms with E-state index in [0.29, 0.717) is 25.9 Å². The minimum atomic E-state index is -3.85. The van der Waals surface area contributed by atoms with Crippen LogP contribution >= 0.6 is 0 Å². The molecule has 1 N–H and O–H groups in total. The summed E-state index contributed by atoms with van der Waals surface area (Å²) in [5, 5.41) is 3.03. The maximum absolute atomic E-state index is 13.2. The number of amides is 1. The van der Waals surface area contributed by atoms with Crippen molar-refractivity contribution in [1.29, 1.82) is 0 Å². The third kappa shape index (κ3) is 4.23. The molecule has 156 valence electrons. The fourth-order valence-electron chi connectivity index (χ4n) is 4.38. The van der Waals surface area contributed by atoms with Gasteiger partial charge >= 0.3 is 0 Å². The van der Waals surface area contributed by atoms with Crippen LogP contribution in [0, 0.1) is 5.82 Å². The second-order valence-electron chi connectivity index (χ2n) is 8.12. The number of nitrogens with one attached hydrogen (secondary N) is 1. The van der Waals surface area contributed by atoms with Gasteiger partial charge in [0.1, 0.15) is 11.9 Å². The number of halogens is 1. The van der Waals surface area contributed by atoms with Gasteiger partial charge in [-0.25, -0.2) is 12.8 Å². The zero-order valence-corrected chi connectivity index (χ0v) is 17.5. The molecule has 0 spiro atoms. The van der Waals surface area contributed by atoms with Crippen molar-refractivity contribution < 1.29 is 17.6 Å². The number of hydrogen-bond donors (Lipinski definition) is 1. The standard InChI is InChI=1S/C20H30FN3O3S/c1-23(2)20(12-4-5-13-20)15-22-19(25)18-7-3-6-14-24(18)28(26,27)17-10-8-16(21)9-11-17/h8-11,18H,3-7,12-15H2,1-2H3,(H,22,25)/t18-/m0/s1. The predicted octanol–water partition coefficient (Wildman–Crippen LogP) is 2.36. The van der Waals surface area contributed by atoms with Crippen LogP contribution in [0.25, 0.3) is 0 Å². The van der Waals surface area contributed by atoms with Gasteiger partial charge in [0.25, 0.3) is 0 Å². The molecule has 3 rings (SSSR count). The van der Waals surface area contributed by atoms with E-state index >= 15 is 0 Å². The number of rotatable bonds is 6. The van der Waals surface area contributed by atoms with Gasteiger partial charge < -0.3 is 10.2 Å². The van der Waals surface area contributed by atoms with Gasteiger partial charge in [0.2, 0.25) is 15.9 Å². The van der Waals surface area contributed by atoms with Crippen LogP contribution in [-0.2, 0) is 14.8 Å². The van der Waals surface area contributed by atoms with Gasteiger partial charge in [0.15, 0.2) is 0 Å². The van der Waals surface area contributed by atoms with E-state index in [0.717, 1.165) is 44.2 Å². The minimum Gasteiger partial charge on any atom is -0.353 e. The number of nitrogens with zero attached hydrogens (tertiary/aromatic N) is 2. The first kappa shape index (κ1) is 21.2. The first-order chi connectivity index (χ1) is 13.3. The molecule has 1 aliphatic heterocycles. The molecule has 2 aliphatic rings. The third-order valence-corrected chi connectivity index (χ3v) is 8.17. The maximum atomic E-state index is 13.2. The molecule has 8 heteroatoms. The van der Waals surface area contributed by atoms with Crippen molar-refractivity contribution in [3.05, 3.63) is 30.1 Å². The molecule has 0 unspecified atom stereocenters. The molecule has 1 amide bonds. The molecule has 1 saturated heterocycles. The van der Waals surface area contributed by atoms with Gasteiger partial charge in [-0.15, -0.1) is 0 Å². The quantitative estimate of drug-likeness (QED) is 0.780. The number of hydrogen-bond acceptors (Lipinski definition) is 4. The summed E-state index contributed by atoms with van der Waals surface area (Å²) >= 11 is 0. The van der Waals surface area contributed by atoms with E-state index in [1.165, 1.54) is 16.4 Å². The zero-order valence-electron chi connectivity index (χ0n) is 16.7. The summed E-state index contributed by atoms with van der Waals surface area (Å²) in [6.07, 6.45) is 6.37. The molecule has 1 saturated carbocycles. The fraction of sp³-hybridized carbons (Fsp3) is 0.650. The van der Waals surface area contributed by atoms with E-state index in [4.69, 9.17) is 0 Å². The molecule has 0 bridgehead atoms. The molecule has 1 aromatic carbocycles. The molecule has 1 aromatic rings. The summed E-state index contributed by atoms with van der Waals surface area (Å²) in [5.41, 5.74) is -0.0506. The Morgan fingerprint density at radius 1 is 1.18 bits per heavy atom. The Balaban J connectivity index is 1.75. The highest BCUT2D eigenvalue weighted by Gasteiger charge is 2.40. The molecule has 1 aliphatic carbocycles. The highest BCUT2D eigenvalue weighted by Crippen LogP contribution is 2.33. The van der Waals surface area contributed by atoms with Gasteiger partial charge in [0.05, 0.1) is 4.90 Å². The van der Waals surface area contributed by atoms with Crippen LogP contribution in [0.3, 0.4) is 0 Å². The number of piperidine rings is 1. The number of carbonyl (C=O) groups excluding carboxylic acids is 1. The third-order valence-electron chi connectivity index (χ3n) is 6.25. The van der Waals surface area contributed by atoms with Crippen LogP contribution in [0.15, 0.2) is 29.2 Å². The van der Waals surface area contributed by atoms with E-state index in [2.05, 4.69) is 10.2 Å². The number of benzene rings is 1. The van der Waals surface area contributed by atoms with Gasteiger partial charge in [-0.1, -0.05) is 19.3 Å². The molecule has 1 heterocycles.